The zero-order chi connectivity index (χ0) is 14.8. The van der Waals surface area contributed by atoms with Crippen LogP contribution in [0.5, 0.6) is 5.75 Å². The Kier molecular flexibility index (Phi) is 3.36. The molecule has 21 heavy (non-hydrogen) atoms. The normalized spacial score (nSPS) is 12.4. The molecule has 0 radical (unpaired) electrons. The number of phenols is 1. The third-order valence-electron chi connectivity index (χ3n) is 3.59. The van der Waals surface area contributed by atoms with E-state index >= 15 is 0 Å². The summed E-state index contributed by atoms with van der Waals surface area (Å²) in [5.74, 6) is -0.640. The van der Waals surface area contributed by atoms with Crippen LogP contribution in [0, 0.1) is 0 Å². The van der Waals surface area contributed by atoms with Crippen molar-refractivity contribution in [2.45, 2.75) is 12.5 Å². The van der Waals surface area contributed by atoms with Crippen LogP contribution in [-0.4, -0.2) is 20.7 Å². The van der Waals surface area contributed by atoms with Gasteiger partial charge in [0.1, 0.15) is 5.75 Å². The van der Waals surface area contributed by atoms with E-state index in [2.05, 4.69) is 0 Å². The molecule has 2 aromatic carbocycles. The number of rotatable bonds is 4. The third-order valence-corrected chi connectivity index (χ3v) is 3.59. The first-order valence-electron chi connectivity index (χ1n) is 6.71. The molecule has 0 saturated heterocycles. The van der Waals surface area contributed by atoms with Crippen molar-refractivity contribution >= 4 is 16.9 Å². The molecule has 0 fully saturated rings. The molecular weight excluding hydrogens is 266 g/mol. The Morgan fingerprint density at radius 1 is 1.10 bits per heavy atom. The molecule has 0 bridgehead atoms. The largest absolute Gasteiger partial charge is 0.508 e. The van der Waals surface area contributed by atoms with Gasteiger partial charge in [0.2, 0.25) is 0 Å². The highest BCUT2D eigenvalue weighted by molar-refractivity contribution is 5.82. The second kappa shape index (κ2) is 5.32. The van der Waals surface area contributed by atoms with Gasteiger partial charge in [-0.25, -0.2) is 0 Å². The van der Waals surface area contributed by atoms with Crippen molar-refractivity contribution in [2.75, 3.05) is 0 Å². The topological polar surface area (TPSA) is 62.5 Å². The van der Waals surface area contributed by atoms with Crippen LogP contribution in [0.15, 0.2) is 60.8 Å². The van der Waals surface area contributed by atoms with Crippen molar-refractivity contribution in [1.82, 2.24) is 4.57 Å². The number of aromatic hydroxyl groups is 1. The molecule has 4 nitrogen and oxygen atoms in total. The smallest absolute Gasteiger partial charge is 0.305 e. The van der Waals surface area contributed by atoms with E-state index in [1.54, 1.807) is 12.1 Å². The van der Waals surface area contributed by atoms with Crippen molar-refractivity contribution in [3.05, 3.63) is 66.4 Å². The van der Waals surface area contributed by atoms with Crippen LogP contribution in [0.4, 0.5) is 0 Å². The molecule has 0 spiro atoms. The van der Waals surface area contributed by atoms with Gasteiger partial charge in [0.25, 0.3) is 0 Å². The number of aromatic nitrogens is 1. The summed E-state index contributed by atoms with van der Waals surface area (Å²) in [6.45, 7) is 0. The van der Waals surface area contributed by atoms with Gasteiger partial charge in [-0.15, -0.1) is 0 Å². The van der Waals surface area contributed by atoms with E-state index in [1.165, 1.54) is 0 Å². The molecule has 0 saturated carbocycles. The molecule has 0 aliphatic rings. The summed E-state index contributed by atoms with van der Waals surface area (Å²) in [5.41, 5.74) is 1.85. The minimum absolute atomic E-state index is 0.00860. The second-order valence-corrected chi connectivity index (χ2v) is 4.99. The number of hydrogen-bond acceptors (Lipinski definition) is 2. The van der Waals surface area contributed by atoms with Crippen LogP contribution >= 0.6 is 0 Å². The molecule has 1 atom stereocenters. The lowest BCUT2D eigenvalue weighted by molar-refractivity contribution is -0.137. The first-order valence-corrected chi connectivity index (χ1v) is 6.71. The van der Waals surface area contributed by atoms with Crippen LogP contribution in [0.2, 0.25) is 0 Å². The SMILES string of the molecule is O=C(O)CC(c1ccccc1)n1ccc2cc(O)ccc21. The van der Waals surface area contributed by atoms with E-state index in [0.717, 1.165) is 16.5 Å². The molecule has 3 aromatic rings. The van der Waals surface area contributed by atoms with Crippen molar-refractivity contribution in [3.63, 3.8) is 0 Å². The number of nitrogens with zero attached hydrogens (tertiary/aromatic N) is 1. The number of hydrogen-bond donors (Lipinski definition) is 2. The van der Waals surface area contributed by atoms with Crippen molar-refractivity contribution in [3.8, 4) is 5.75 Å². The lowest BCUT2D eigenvalue weighted by atomic mass is 10.0. The maximum atomic E-state index is 11.2. The quantitative estimate of drug-likeness (QED) is 0.770. The van der Waals surface area contributed by atoms with Gasteiger partial charge < -0.3 is 14.8 Å². The molecule has 0 amide bonds. The summed E-state index contributed by atoms with van der Waals surface area (Å²) < 4.78 is 1.94. The van der Waals surface area contributed by atoms with E-state index in [1.807, 2.05) is 53.2 Å². The van der Waals surface area contributed by atoms with Crippen LogP contribution < -0.4 is 0 Å². The third kappa shape index (κ3) is 2.60. The van der Waals surface area contributed by atoms with Gasteiger partial charge in [-0.05, 0) is 29.8 Å². The van der Waals surface area contributed by atoms with E-state index in [9.17, 15) is 15.0 Å². The Morgan fingerprint density at radius 2 is 1.86 bits per heavy atom. The lowest BCUT2D eigenvalue weighted by Gasteiger charge is -2.19. The van der Waals surface area contributed by atoms with E-state index < -0.39 is 5.97 Å². The number of carboxylic acid groups (broad SMARTS) is 1. The number of benzene rings is 2. The van der Waals surface area contributed by atoms with Crippen molar-refractivity contribution < 1.29 is 15.0 Å². The van der Waals surface area contributed by atoms with Crippen LogP contribution in [0.25, 0.3) is 10.9 Å². The highest BCUT2D eigenvalue weighted by Crippen LogP contribution is 2.29. The maximum absolute atomic E-state index is 11.2. The van der Waals surface area contributed by atoms with Crippen LogP contribution in [0.1, 0.15) is 18.0 Å². The zero-order valence-corrected chi connectivity index (χ0v) is 11.3. The Labute approximate surface area is 121 Å². The monoisotopic (exact) mass is 281 g/mol. The fourth-order valence-corrected chi connectivity index (χ4v) is 2.64. The van der Waals surface area contributed by atoms with Crippen molar-refractivity contribution in [1.29, 1.82) is 0 Å². The predicted molar refractivity (Wildman–Crippen MR) is 80.4 cm³/mol. The van der Waals surface area contributed by atoms with Gasteiger partial charge in [-0.2, -0.15) is 0 Å². The first-order chi connectivity index (χ1) is 10.1. The highest BCUT2D eigenvalue weighted by atomic mass is 16.4. The number of phenolic OH excluding ortho intramolecular Hbond substituents is 1. The summed E-state index contributed by atoms with van der Waals surface area (Å²) >= 11 is 0. The predicted octanol–water partition coefficient (Wildman–Crippen LogP) is 3.41. The van der Waals surface area contributed by atoms with Crippen molar-refractivity contribution in [2.24, 2.45) is 0 Å². The summed E-state index contributed by atoms with van der Waals surface area (Å²) in [6.07, 6.45) is 1.87. The molecule has 1 heterocycles. The molecule has 0 aliphatic heterocycles. The average molecular weight is 281 g/mol. The lowest BCUT2D eigenvalue weighted by Crippen LogP contribution is -2.14. The minimum Gasteiger partial charge on any atom is -0.508 e. The standard InChI is InChI=1S/C17H15NO3/c19-14-6-7-15-13(10-14)8-9-18(15)16(11-17(20)21)12-4-2-1-3-5-12/h1-10,16,19H,11H2,(H,20,21). The minimum atomic E-state index is -0.843. The number of carboxylic acids is 1. The van der Waals surface area contributed by atoms with Crippen LogP contribution in [-0.2, 0) is 4.79 Å². The number of aliphatic carboxylic acids is 1. The fraction of sp³-hybridized carbons (Fsp3) is 0.118. The Bertz CT molecular complexity index is 777. The molecule has 0 aliphatic carbocycles. The molecule has 1 aromatic heterocycles. The molecule has 106 valence electrons. The Balaban J connectivity index is 2.12. The zero-order valence-electron chi connectivity index (χ0n) is 11.3. The number of carbonyl (C=O) groups is 1. The summed E-state index contributed by atoms with van der Waals surface area (Å²) in [4.78, 5) is 11.2. The van der Waals surface area contributed by atoms with E-state index in [-0.39, 0.29) is 18.2 Å². The van der Waals surface area contributed by atoms with Gasteiger partial charge in [-0.1, -0.05) is 30.3 Å². The highest BCUT2D eigenvalue weighted by Gasteiger charge is 2.18. The Hall–Kier alpha value is -2.75. The van der Waals surface area contributed by atoms with E-state index in [4.69, 9.17) is 0 Å². The molecule has 3 rings (SSSR count). The van der Waals surface area contributed by atoms with Crippen LogP contribution in [0.3, 0.4) is 0 Å². The number of fused-ring (bicyclic) bond motifs is 1. The van der Waals surface area contributed by atoms with Gasteiger partial charge >= 0.3 is 5.97 Å². The molecular formula is C17H15NO3. The summed E-state index contributed by atoms with van der Waals surface area (Å²) in [6, 6.07) is 16.3. The maximum Gasteiger partial charge on any atom is 0.305 e. The Morgan fingerprint density at radius 3 is 2.57 bits per heavy atom. The van der Waals surface area contributed by atoms with Gasteiger partial charge in [0.05, 0.1) is 12.5 Å². The summed E-state index contributed by atoms with van der Waals surface area (Å²) in [5, 5.41) is 19.6. The second-order valence-electron chi connectivity index (χ2n) is 4.99. The van der Waals surface area contributed by atoms with Gasteiger partial charge in [0, 0.05) is 17.1 Å². The average Bonchev–Trinajstić information content (AvgIpc) is 2.88. The van der Waals surface area contributed by atoms with E-state index in [0.29, 0.717) is 0 Å². The van der Waals surface area contributed by atoms with Gasteiger partial charge in [0.15, 0.2) is 0 Å². The first kappa shape index (κ1) is 13.2. The molecule has 4 heteroatoms. The summed E-state index contributed by atoms with van der Waals surface area (Å²) in [7, 11) is 0. The fourth-order valence-electron chi connectivity index (χ4n) is 2.64. The molecule has 2 N–H and O–H groups in total. The van der Waals surface area contributed by atoms with Gasteiger partial charge in [-0.3, -0.25) is 4.79 Å². The molecule has 1 unspecified atom stereocenters.